The molecule has 0 aliphatic rings. The predicted molar refractivity (Wildman–Crippen MR) is 66.3 cm³/mol. The molecular weight excluding hydrogens is 323 g/mol. The van der Waals surface area contributed by atoms with Gasteiger partial charge in [-0.25, -0.2) is 4.98 Å². The van der Waals surface area contributed by atoms with Gasteiger partial charge in [-0.15, -0.1) is 0 Å². The number of aromatic hydroxyl groups is 2. The Morgan fingerprint density at radius 2 is 2.00 bits per heavy atom. The number of nitrogens with one attached hydrogen (secondary N) is 1. The SMILES string of the molecule is O=c1[nH]c(-c2ccc(O)c(O)c2)ncc1I. The molecule has 0 aliphatic heterocycles. The van der Waals surface area contributed by atoms with E-state index in [0.717, 1.165) is 0 Å². The van der Waals surface area contributed by atoms with Crippen molar-refractivity contribution in [2.24, 2.45) is 0 Å². The number of rotatable bonds is 1. The molecular formula is C10H7IN2O3. The van der Waals surface area contributed by atoms with E-state index in [-0.39, 0.29) is 17.1 Å². The highest BCUT2D eigenvalue weighted by Crippen LogP contribution is 2.28. The highest BCUT2D eigenvalue weighted by atomic mass is 127. The third kappa shape index (κ3) is 2.01. The van der Waals surface area contributed by atoms with E-state index in [1.54, 1.807) is 6.07 Å². The van der Waals surface area contributed by atoms with Gasteiger partial charge in [0.15, 0.2) is 11.5 Å². The molecule has 1 aromatic heterocycles. The minimum Gasteiger partial charge on any atom is -0.504 e. The Kier molecular flexibility index (Phi) is 2.82. The molecule has 2 aromatic rings. The van der Waals surface area contributed by atoms with Gasteiger partial charge in [0.1, 0.15) is 5.82 Å². The summed E-state index contributed by atoms with van der Waals surface area (Å²) < 4.78 is 0.490. The lowest BCUT2D eigenvalue weighted by Gasteiger charge is -2.02. The van der Waals surface area contributed by atoms with Crippen LogP contribution in [0.25, 0.3) is 11.4 Å². The van der Waals surface area contributed by atoms with Crippen molar-refractivity contribution in [1.82, 2.24) is 9.97 Å². The van der Waals surface area contributed by atoms with E-state index in [4.69, 9.17) is 5.11 Å². The third-order valence-corrected chi connectivity index (χ3v) is 2.77. The number of hydrogen-bond acceptors (Lipinski definition) is 4. The van der Waals surface area contributed by atoms with Crippen molar-refractivity contribution < 1.29 is 10.2 Å². The van der Waals surface area contributed by atoms with Crippen LogP contribution in [-0.4, -0.2) is 20.2 Å². The van der Waals surface area contributed by atoms with Gasteiger partial charge >= 0.3 is 0 Å². The molecule has 0 radical (unpaired) electrons. The molecule has 0 bridgehead atoms. The number of halogens is 1. The van der Waals surface area contributed by atoms with Gasteiger partial charge in [-0.2, -0.15) is 0 Å². The van der Waals surface area contributed by atoms with Crippen molar-refractivity contribution in [3.8, 4) is 22.9 Å². The first-order valence-electron chi connectivity index (χ1n) is 4.35. The van der Waals surface area contributed by atoms with Crippen molar-refractivity contribution in [2.75, 3.05) is 0 Å². The summed E-state index contributed by atoms with van der Waals surface area (Å²) in [4.78, 5) is 17.9. The van der Waals surface area contributed by atoms with E-state index < -0.39 is 0 Å². The fourth-order valence-electron chi connectivity index (χ4n) is 1.20. The van der Waals surface area contributed by atoms with Gasteiger partial charge in [0, 0.05) is 11.8 Å². The molecule has 2 rings (SSSR count). The predicted octanol–water partition coefficient (Wildman–Crippen LogP) is 1.45. The fraction of sp³-hybridized carbons (Fsp3) is 0. The van der Waals surface area contributed by atoms with Crippen LogP contribution in [0.3, 0.4) is 0 Å². The molecule has 0 saturated heterocycles. The van der Waals surface area contributed by atoms with Crippen LogP contribution < -0.4 is 5.56 Å². The summed E-state index contributed by atoms with van der Waals surface area (Å²) in [6, 6.07) is 4.23. The van der Waals surface area contributed by atoms with E-state index in [2.05, 4.69) is 9.97 Å². The molecule has 3 N–H and O–H groups in total. The lowest BCUT2D eigenvalue weighted by atomic mass is 10.2. The van der Waals surface area contributed by atoms with Crippen molar-refractivity contribution in [2.45, 2.75) is 0 Å². The van der Waals surface area contributed by atoms with E-state index in [0.29, 0.717) is 15.0 Å². The topological polar surface area (TPSA) is 86.2 Å². The number of phenols is 2. The second-order valence-corrected chi connectivity index (χ2v) is 4.27. The van der Waals surface area contributed by atoms with Gasteiger partial charge in [-0.05, 0) is 40.8 Å². The molecule has 0 aliphatic carbocycles. The number of hydrogen-bond donors (Lipinski definition) is 3. The van der Waals surface area contributed by atoms with E-state index in [1.165, 1.54) is 18.3 Å². The lowest BCUT2D eigenvalue weighted by molar-refractivity contribution is 0.404. The smallest absolute Gasteiger partial charge is 0.264 e. The van der Waals surface area contributed by atoms with E-state index in [1.807, 2.05) is 22.6 Å². The molecule has 0 atom stereocenters. The minimum atomic E-state index is -0.251. The largest absolute Gasteiger partial charge is 0.504 e. The van der Waals surface area contributed by atoms with Gasteiger partial charge in [0.2, 0.25) is 0 Å². The van der Waals surface area contributed by atoms with Gasteiger partial charge < -0.3 is 15.2 Å². The Hall–Kier alpha value is -1.57. The molecule has 1 heterocycles. The zero-order valence-corrected chi connectivity index (χ0v) is 10.1. The molecule has 82 valence electrons. The molecule has 0 unspecified atom stereocenters. The summed E-state index contributed by atoms with van der Waals surface area (Å²) >= 11 is 1.88. The Balaban J connectivity index is 2.55. The van der Waals surface area contributed by atoms with Gasteiger partial charge in [0.25, 0.3) is 5.56 Å². The molecule has 6 heteroatoms. The number of aromatic nitrogens is 2. The molecule has 0 amide bonds. The maximum atomic E-state index is 11.4. The molecule has 1 aromatic carbocycles. The number of benzene rings is 1. The van der Waals surface area contributed by atoms with Crippen LogP contribution in [0.1, 0.15) is 0 Å². The summed E-state index contributed by atoms with van der Waals surface area (Å²) in [6.07, 6.45) is 1.44. The molecule has 5 nitrogen and oxygen atoms in total. The molecule has 0 saturated carbocycles. The first-order chi connectivity index (χ1) is 7.58. The third-order valence-electron chi connectivity index (χ3n) is 2.00. The first-order valence-corrected chi connectivity index (χ1v) is 5.43. The second-order valence-electron chi connectivity index (χ2n) is 3.11. The summed E-state index contributed by atoms with van der Waals surface area (Å²) in [5.74, 6) is -0.115. The summed E-state index contributed by atoms with van der Waals surface area (Å²) in [7, 11) is 0. The van der Waals surface area contributed by atoms with Crippen LogP contribution in [0, 0.1) is 3.57 Å². The van der Waals surface area contributed by atoms with Crippen LogP contribution in [0.4, 0.5) is 0 Å². The number of nitrogens with zero attached hydrogens (tertiary/aromatic N) is 1. The average molecular weight is 330 g/mol. The highest BCUT2D eigenvalue weighted by molar-refractivity contribution is 14.1. The molecule has 0 spiro atoms. The van der Waals surface area contributed by atoms with Crippen molar-refractivity contribution in [1.29, 1.82) is 0 Å². The monoisotopic (exact) mass is 330 g/mol. The first kappa shape index (κ1) is 10.9. The highest BCUT2D eigenvalue weighted by Gasteiger charge is 2.06. The zero-order valence-electron chi connectivity index (χ0n) is 7.94. The van der Waals surface area contributed by atoms with Gasteiger partial charge in [-0.1, -0.05) is 0 Å². The fourth-order valence-corrected chi connectivity index (χ4v) is 1.47. The second kappa shape index (κ2) is 4.12. The van der Waals surface area contributed by atoms with Gasteiger partial charge in [0.05, 0.1) is 3.57 Å². The molecule has 0 fully saturated rings. The Labute approximate surface area is 104 Å². The Morgan fingerprint density at radius 3 is 2.62 bits per heavy atom. The maximum Gasteiger partial charge on any atom is 0.264 e. The standard InChI is InChI=1S/C10H7IN2O3/c11-6-4-12-9(13-10(6)16)5-1-2-7(14)8(15)3-5/h1-4,14-15H,(H,12,13,16). The van der Waals surface area contributed by atoms with Crippen LogP contribution in [-0.2, 0) is 0 Å². The van der Waals surface area contributed by atoms with Crippen LogP contribution in [0.5, 0.6) is 11.5 Å². The zero-order chi connectivity index (χ0) is 11.7. The maximum absolute atomic E-state index is 11.4. The molecule has 16 heavy (non-hydrogen) atoms. The summed E-state index contributed by atoms with van der Waals surface area (Å²) in [6.45, 7) is 0. The van der Waals surface area contributed by atoms with E-state index >= 15 is 0 Å². The van der Waals surface area contributed by atoms with Crippen molar-refractivity contribution >= 4 is 22.6 Å². The Morgan fingerprint density at radius 1 is 1.25 bits per heavy atom. The number of phenolic OH excluding ortho intramolecular Hbond substituents is 2. The average Bonchev–Trinajstić information content (AvgIpc) is 2.26. The van der Waals surface area contributed by atoms with Crippen LogP contribution in [0.15, 0.2) is 29.2 Å². The van der Waals surface area contributed by atoms with Crippen molar-refractivity contribution in [3.05, 3.63) is 38.3 Å². The minimum absolute atomic E-state index is 0.211. The van der Waals surface area contributed by atoms with Crippen LogP contribution >= 0.6 is 22.6 Å². The summed E-state index contributed by atoms with van der Waals surface area (Å²) in [5, 5.41) is 18.5. The normalized spacial score (nSPS) is 10.3. The summed E-state index contributed by atoms with van der Waals surface area (Å²) in [5.41, 5.74) is 0.293. The number of aromatic amines is 1. The number of H-pyrrole nitrogens is 1. The Bertz CT molecular complexity index is 595. The van der Waals surface area contributed by atoms with Crippen molar-refractivity contribution in [3.63, 3.8) is 0 Å². The van der Waals surface area contributed by atoms with Crippen LogP contribution in [0.2, 0.25) is 0 Å². The van der Waals surface area contributed by atoms with Gasteiger partial charge in [-0.3, -0.25) is 4.79 Å². The lowest BCUT2D eigenvalue weighted by Crippen LogP contribution is -2.11. The quantitative estimate of drug-likeness (QED) is 0.546. The van der Waals surface area contributed by atoms with E-state index in [9.17, 15) is 9.90 Å².